The molecule has 0 aliphatic heterocycles. The van der Waals surface area contributed by atoms with Crippen LogP contribution in [0.2, 0.25) is 0 Å². The zero-order valence-electron chi connectivity index (χ0n) is 16.7. The Morgan fingerprint density at radius 1 is 1.21 bits per heavy atom. The van der Waals surface area contributed by atoms with Crippen LogP contribution in [0.25, 0.3) is 11.3 Å². The highest BCUT2D eigenvalue weighted by molar-refractivity contribution is 5.65. The molecule has 0 saturated heterocycles. The first-order chi connectivity index (χ1) is 13.4. The highest BCUT2D eigenvalue weighted by Crippen LogP contribution is 2.39. The predicted molar refractivity (Wildman–Crippen MR) is 101 cm³/mol. The Bertz CT molecular complexity index is 872. The second-order valence-corrected chi connectivity index (χ2v) is 7.51. The van der Waals surface area contributed by atoms with Crippen molar-refractivity contribution < 1.29 is 27.4 Å². The van der Waals surface area contributed by atoms with E-state index in [1.165, 1.54) is 18.5 Å². The summed E-state index contributed by atoms with van der Waals surface area (Å²) in [6.07, 6.45) is -4.00. The first-order valence-corrected chi connectivity index (χ1v) is 9.01. The summed E-state index contributed by atoms with van der Waals surface area (Å²) in [5.41, 5.74) is 4.29. The van der Waals surface area contributed by atoms with Crippen molar-refractivity contribution in [1.29, 1.82) is 0 Å². The molecule has 1 aromatic carbocycles. The summed E-state index contributed by atoms with van der Waals surface area (Å²) in [4.78, 5) is 19.2. The van der Waals surface area contributed by atoms with Crippen molar-refractivity contribution in [2.75, 3.05) is 6.61 Å². The van der Waals surface area contributed by atoms with E-state index in [9.17, 15) is 18.0 Å². The lowest BCUT2D eigenvalue weighted by molar-refractivity contribution is -0.139. The third-order valence-corrected chi connectivity index (χ3v) is 4.10. The van der Waals surface area contributed by atoms with Crippen molar-refractivity contribution in [3.63, 3.8) is 0 Å². The SMILES string of the molecule is Cc1cc(-c2ccc(OC[C@](C)(CC(C)C)OC(N)=O)c(C(F)(F)F)c2)ncn1. The van der Waals surface area contributed by atoms with Crippen molar-refractivity contribution in [3.05, 3.63) is 41.9 Å². The number of ether oxygens (including phenoxy) is 2. The molecule has 158 valence electrons. The van der Waals surface area contributed by atoms with Gasteiger partial charge in [-0.05, 0) is 50.5 Å². The molecule has 2 aromatic rings. The van der Waals surface area contributed by atoms with Gasteiger partial charge in [0.1, 0.15) is 24.3 Å². The van der Waals surface area contributed by atoms with E-state index in [0.717, 1.165) is 6.07 Å². The van der Waals surface area contributed by atoms with Crippen LogP contribution in [0.1, 0.15) is 38.4 Å². The highest BCUT2D eigenvalue weighted by Gasteiger charge is 2.36. The topological polar surface area (TPSA) is 87.3 Å². The Labute approximate surface area is 167 Å². The number of rotatable bonds is 7. The molecule has 0 unspecified atom stereocenters. The Kier molecular flexibility index (Phi) is 6.71. The van der Waals surface area contributed by atoms with Crippen molar-refractivity contribution in [2.45, 2.75) is 45.9 Å². The van der Waals surface area contributed by atoms with E-state index in [-0.39, 0.29) is 23.8 Å². The van der Waals surface area contributed by atoms with Crippen LogP contribution in [0, 0.1) is 12.8 Å². The number of benzene rings is 1. The minimum absolute atomic E-state index is 0.105. The number of amides is 1. The molecule has 1 atom stereocenters. The van der Waals surface area contributed by atoms with Gasteiger partial charge in [-0.2, -0.15) is 13.2 Å². The molecule has 0 radical (unpaired) electrons. The van der Waals surface area contributed by atoms with Crippen LogP contribution in [0.15, 0.2) is 30.6 Å². The molecule has 29 heavy (non-hydrogen) atoms. The van der Waals surface area contributed by atoms with E-state index in [4.69, 9.17) is 15.2 Å². The number of primary amides is 1. The Hall–Kier alpha value is -2.84. The largest absolute Gasteiger partial charge is 0.489 e. The van der Waals surface area contributed by atoms with E-state index in [0.29, 0.717) is 17.8 Å². The zero-order valence-corrected chi connectivity index (χ0v) is 16.7. The smallest absolute Gasteiger partial charge is 0.419 e. The number of nitrogens with two attached hydrogens (primary N) is 1. The van der Waals surface area contributed by atoms with Gasteiger partial charge in [-0.25, -0.2) is 14.8 Å². The molecule has 0 saturated carbocycles. The van der Waals surface area contributed by atoms with Crippen molar-refractivity contribution in [3.8, 4) is 17.0 Å². The average Bonchev–Trinajstić information content (AvgIpc) is 2.57. The summed E-state index contributed by atoms with van der Waals surface area (Å²) < 4.78 is 51.5. The fourth-order valence-corrected chi connectivity index (χ4v) is 3.12. The summed E-state index contributed by atoms with van der Waals surface area (Å²) in [7, 11) is 0. The molecular weight excluding hydrogens is 387 g/mol. The zero-order chi connectivity index (χ0) is 21.8. The lowest BCUT2D eigenvalue weighted by atomic mass is 9.95. The fraction of sp³-hybridized carbons (Fsp3) is 0.450. The van der Waals surface area contributed by atoms with Gasteiger partial charge in [0.05, 0.1) is 11.3 Å². The van der Waals surface area contributed by atoms with Gasteiger partial charge in [-0.15, -0.1) is 0 Å². The van der Waals surface area contributed by atoms with Crippen LogP contribution in [0.5, 0.6) is 5.75 Å². The summed E-state index contributed by atoms with van der Waals surface area (Å²) in [6, 6.07) is 5.29. The molecule has 9 heteroatoms. The number of aromatic nitrogens is 2. The number of aryl methyl sites for hydroxylation is 1. The lowest BCUT2D eigenvalue weighted by Gasteiger charge is -2.30. The van der Waals surface area contributed by atoms with Gasteiger partial charge in [-0.3, -0.25) is 0 Å². The number of halogens is 3. The van der Waals surface area contributed by atoms with Crippen LogP contribution >= 0.6 is 0 Å². The van der Waals surface area contributed by atoms with Crippen LogP contribution < -0.4 is 10.5 Å². The maximum Gasteiger partial charge on any atom is 0.419 e. The van der Waals surface area contributed by atoms with E-state index in [2.05, 4.69) is 9.97 Å². The van der Waals surface area contributed by atoms with Crippen LogP contribution in [-0.4, -0.2) is 28.3 Å². The van der Waals surface area contributed by atoms with Crippen molar-refractivity contribution in [2.24, 2.45) is 11.7 Å². The normalized spacial score (nSPS) is 13.8. The molecule has 0 spiro atoms. The fourth-order valence-electron chi connectivity index (χ4n) is 3.12. The number of carbonyl (C=O) groups excluding carboxylic acids is 1. The lowest BCUT2D eigenvalue weighted by Crippen LogP contribution is -2.41. The van der Waals surface area contributed by atoms with Gasteiger partial charge < -0.3 is 15.2 Å². The van der Waals surface area contributed by atoms with E-state index in [1.54, 1.807) is 19.9 Å². The maximum absolute atomic E-state index is 13.6. The second-order valence-electron chi connectivity index (χ2n) is 7.51. The van der Waals surface area contributed by atoms with Gasteiger partial charge in [0.2, 0.25) is 0 Å². The minimum Gasteiger partial charge on any atom is -0.489 e. The number of hydrogen-bond donors (Lipinski definition) is 1. The Morgan fingerprint density at radius 2 is 1.90 bits per heavy atom. The van der Waals surface area contributed by atoms with Crippen molar-refractivity contribution >= 4 is 6.09 Å². The third-order valence-electron chi connectivity index (χ3n) is 4.10. The standard InChI is InChI=1S/C20H24F3N3O3/c1-12(2)9-19(4,29-18(24)27)10-28-17-6-5-14(8-15(17)20(21,22)23)16-7-13(3)25-11-26-16/h5-8,11-12H,9-10H2,1-4H3,(H2,24,27)/t19-/m0/s1. The summed E-state index contributed by atoms with van der Waals surface area (Å²) in [5, 5.41) is 0. The molecule has 6 nitrogen and oxygen atoms in total. The number of nitrogens with zero attached hydrogens (tertiary/aromatic N) is 2. The molecule has 1 amide bonds. The highest BCUT2D eigenvalue weighted by atomic mass is 19.4. The average molecular weight is 411 g/mol. The number of hydrogen-bond acceptors (Lipinski definition) is 5. The molecule has 2 rings (SSSR count). The molecule has 0 bridgehead atoms. The maximum atomic E-state index is 13.6. The molecule has 0 aliphatic carbocycles. The monoisotopic (exact) mass is 411 g/mol. The molecule has 1 heterocycles. The Morgan fingerprint density at radius 3 is 2.45 bits per heavy atom. The first-order valence-electron chi connectivity index (χ1n) is 9.01. The molecule has 0 fully saturated rings. The van der Waals surface area contributed by atoms with Crippen LogP contribution in [-0.2, 0) is 10.9 Å². The van der Waals surface area contributed by atoms with E-state index in [1.807, 2.05) is 13.8 Å². The van der Waals surface area contributed by atoms with E-state index >= 15 is 0 Å². The number of alkyl halides is 3. The van der Waals surface area contributed by atoms with Crippen LogP contribution in [0.4, 0.5) is 18.0 Å². The summed E-state index contributed by atoms with van der Waals surface area (Å²) >= 11 is 0. The van der Waals surface area contributed by atoms with E-state index < -0.39 is 23.4 Å². The predicted octanol–water partition coefficient (Wildman–Crippen LogP) is 4.75. The van der Waals surface area contributed by atoms with Gasteiger partial charge in [0.25, 0.3) is 0 Å². The van der Waals surface area contributed by atoms with Crippen LogP contribution in [0.3, 0.4) is 0 Å². The van der Waals surface area contributed by atoms with Crippen molar-refractivity contribution in [1.82, 2.24) is 9.97 Å². The van der Waals surface area contributed by atoms with Gasteiger partial charge in [-0.1, -0.05) is 13.8 Å². The third kappa shape index (κ3) is 6.33. The molecule has 2 N–H and O–H groups in total. The first kappa shape index (κ1) is 22.4. The number of carbonyl (C=O) groups is 1. The van der Waals surface area contributed by atoms with Gasteiger partial charge >= 0.3 is 12.3 Å². The second kappa shape index (κ2) is 8.67. The molecule has 1 aromatic heterocycles. The Balaban J connectivity index is 2.35. The summed E-state index contributed by atoms with van der Waals surface area (Å²) in [5.74, 6) is -0.261. The minimum atomic E-state index is -4.65. The van der Waals surface area contributed by atoms with Gasteiger partial charge in [0, 0.05) is 11.3 Å². The molecule has 0 aliphatic rings. The summed E-state index contributed by atoms with van der Waals surface area (Å²) in [6.45, 7) is 6.80. The van der Waals surface area contributed by atoms with Gasteiger partial charge in [0.15, 0.2) is 0 Å². The quantitative estimate of drug-likeness (QED) is 0.710. The molecular formula is C20H24F3N3O3.